The maximum Gasteiger partial charge on any atom is 0.315 e. The maximum absolute atomic E-state index is 13.0. The largest absolute Gasteiger partial charge is 0.467 e. The Labute approximate surface area is 220 Å². The Hall–Kier alpha value is -2.53. The molecule has 0 saturated carbocycles. The van der Waals surface area contributed by atoms with Gasteiger partial charge in [-0.2, -0.15) is 0 Å². The van der Waals surface area contributed by atoms with Crippen LogP contribution in [0.5, 0.6) is 5.88 Å². The van der Waals surface area contributed by atoms with Gasteiger partial charge >= 0.3 is 5.97 Å². The highest BCUT2D eigenvalue weighted by molar-refractivity contribution is 6.36. The number of hydrogen-bond acceptors (Lipinski definition) is 4. The van der Waals surface area contributed by atoms with E-state index in [2.05, 4.69) is 0 Å². The molecule has 2 aromatic carbocycles. The van der Waals surface area contributed by atoms with E-state index in [1.807, 2.05) is 70.2 Å². The molecule has 0 radical (unpaired) electrons. The van der Waals surface area contributed by atoms with Gasteiger partial charge in [-0.3, -0.25) is 4.79 Å². The van der Waals surface area contributed by atoms with E-state index in [-0.39, 0.29) is 5.97 Å². The normalized spacial score (nSPS) is 14.6. The van der Waals surface area contributed by atoms with E-state index in [0.717, 1.165) is 22.3 Å². The molecule has 4 rings (SSSR count). The van der Waals surface area contributed by atoms with E-state index < -0.39 is 11.0 Å². The van der Waals surface area contributed by atoms with Crippen LogP contribution in [0.25, 0.3) is 28.0 Å². The monoisotopic (exact) mass is 529 g/mol. The number of carbonyl (C=O) groups excluding carboxylic acids is 1. The molecule has 182 valence electrons. The van der Waals surface area contributed by atoms with E-state index >= 15 is 0 Å². The summed E-state index contributed by atoms with van der Waals surface area (Å²) in [4.78, 5) is 17.9. The van der Waals surface area contributed by atoms with Crippen molar-refractivity contribution < 1.29 is 14.3 Å². The fourth-order valence-electron chi connectivity index (χ4n) is 4.15. The summed E-state index contributed by atoms with van der Waals surface area (Å²) in [7, 11) is 0. The minimum atomic E-state index is -0.926. The minimum absolute atomic E-state index is 0.296. The SMILES string of the molecule is CCOC(=O)C(C)(C)C1=CC(C)(C)Oc2nc(-c3ccc(Cl)cc3Cl)c(-c3ccc(Cl)cc3)cc21. The summed E-state index contributed by atoms with van der Waals surface area (Å²) in [6.45, 7) is 9.67. The molecule has 7 heteroatoms. The van der Waals surface area contributed by atoms with Crippen LogP contribution in [0.15, 0.2) is 54.6 Å². The minimum Gasteiger partial charge on any atom is -0.467 e. The van der Waals surface area contributed by atoms with E-state index in [1.54, 1.807) is 19.1 Å². The molecule has 35 heavy (non-hydrogen) atoms. The zero-order valence-corrected chi connectivity index (χ0v) is 22.5. The van der Waals surface area contributed by atoms with Crippen LogP contribution in [0.3, 0.4) is 0 Å². The van der Waals surface area contributed by atoms with Gasteiger partial charge < -0.3 is 9.47 Å². The Bertz CT molecular complexity index is 1330. The third-order valence-corrected chi connectivity index (χ3v) is 6.73. The molecule has 1 aliphatic heterocycles. The molecule has 0 amide bonds. The first kappa shape index (κ1) is 25.6. The number of halogens is 3. The molecule has 0 N–H and O–H groups in total. The van der Waals surface area contributed by atoms with E-state index in [4.69, 9.17) is 49.3 Å². The van der Waals surface area contributed by atoms with Crippen LogP contribution >= 0.6 is 34.8 Å². The number of carbonyl (C=O) groups is 1. The van der Waals surface area contributed by atoms with Gasteiger partial charge in [0.25, 0.3) is 0 Å². The lowest BCUT2D eigenvalue weighted by atomic mass is 9.76. The number of benzene rings is 2. The number of aromatic nitrogens is 1. The van der Waals surface area contributed by atoms with Crippen LogP contribution in [-0.2, 0) is 9.53 Å². The molecule has 0 aliphatic carbocycles. The summed E-state index contributed by atoms with van der Waals surface area (Å²) >= 11 is 18.9. The summed E-state index contributed by atoms with van der Waals surface area (Å²) in [5.41, 5.74) is 2.96. The van der Waals surface area contributed by atoms with Crippen LogP contribution in [-0.4, -0.2) is 23.2 Å². The van der Waals surface area contributed by atoms with Crippen molar-refractivity contribution in [3.63, 3.8) is 0 Å². The van der Waals surface area contributed by atoms with E-state index in [1.165, 1.54) is 0 Å². The van der Waals surface area contributed by atoms with Crippen LogP contribution in [0.4, 0.5) is 0 Å². The summed E-state index contributed by atoms with van der Waals surface area (Å²) in [5, 5.41) is 1.63. The van der Waals surface area contributed by atoms with Crippen molar-refractivity contribution in [2.24, 2.45) is 5.41 Å². The van der Waals surface area contributed by atoms with Crippen molar-refractivity contribution in [3.8, 4) is 28.3 Å². The number of rotatable bonds is 5. The molecule has 1 aromatic heterocycles. The number of esters is 1. The van der Waals surface area contributed by atoms with Crippen molar-refractivity contribution in [3.05, 3.63) is 75.2 Å². The Balaban J connectivity index is 2.01. The van der Waals surface area contributed by atoms with E-state index in [0.29, 0.717) is 38.8 Å². The molecular weight excluding hydrogens is 505 g/mol. The fraction of sp³-hybridized carbons (Fsp3) is 0.286. The second kappa shape index (κ2) is 9.50. The van der Waals surface area contributed by atoms with Gasteiger partial charge in [0.2, 0.25) is 5.88 Å². The van der Waals surface area contributed by atoms with Gasteiger partial charge in [-0.1, -0.05) is 46.9 Å². The van der Waals surface area contributed by atoms with Gasteiger partial charge in [-0.25, -0.2) is 4.98 Å². The molecule has 0 atom stereocenters. The van der Waals surface area contributed by atoms with Gasteiger partial charge in [0.1, 0.15) is 5.60 Å². The molecule has 0 fully saturated rings. The number of nitrogens with zero attached hydrogens (tertiary/aromatic N) is 1. The van der Waals surface area contributed by atoms with Crippen molar-refractivity contribution in [2.45, 2.75) is 40.2 Å². The quantitative estimate of drug-likeness (QED) is 0.310. The summed E-state index contributed by atoms with van der Waals surface area (Å²) in [6.07, 6.45) is 1.97. The van der Waals surface area contributed by atoms with Gasteiger partial charge in [0.15, 0.2) is 0 Å². The standard InChI is InChI=1S/C28H26Cl3NO3/c1-6-34-26(33)28(4,5)22-15-27(2,3)35-25-21(22)14-20(16-7-9-17(29)10-8-16)24(32-25)19-12-11-18(30)13-23(19)31/h7-15H,6H2,1-5H3. The van der Waals surface area contributed by atoms with Crippen molar-refractivity contribution in [1.29, 1.82) is 0 Å². The first-order valence-corrected chi connectivity index (χ1v) is 12.4. The molecule has 1 aliphatic rings. The maximum atomic E-state index is 13.0. The Morgan fingerprint density at radius 1 is 0.971 bits per heavy atom. The van der Waals surface area contributed by atoms with Gasteiger partial charge in [-0.15, -0.1) is 0 Å². The lowest BCUT2D eigenvalue weighted by molar-refractivity contribution is -0.150. The fourth-order valence-corrected chi connectivity index (χ4v) is 4.77. The van der Waals surface area contributed by atoms with Crippen LogP contribution in [0.1, 0.15) is 40.2 Å². The molecule has 0 unspecified atom stereocenters. The molecular formula is C28H26Cl3NO3. The molecule has 3 aromatic rings. The summed E-state index contributed by atoms with van der Waals surface area (Å²) < 4.78 is 11.7. The third kappa shape index (κ3) is 5.06. The highest BCUT2D eigenvalue weighted by atomic mass is 35.5. The van der Waals surface area contributed by atoms with Gasteiger partial charge in [-0.05, 0) is 88.2 Å². The first-order valence-electron chi connectivity index (χ1n) is 11.3. The average Bonchev–Trinajstić information content (AvgIpc) is 2.78. The second-order valence-electron chi connectivity index (χ2n) is 9.48. The average molecular weight is 531 g/mol. The highest BCUT2D eigenvalue weighted by Gasteiger charge is 2.41. The lowest BCUT2D eigenvalue weighted by Gasteiger charge is -2.36. The number of ether oxygens (including phenoxy) is 2. The highest BCUT2D eigenvalue weighted by Crippen LogP contribution is 2.48. The third-order valence-electron chi connectivity index (χ3n) is 5.93. The molecule has 0 bridgehead atoms. The molecule has 2 heterocycles. The summed E-state index contributed by atoms with van der Waals surface area (Å²) in [6, 6.07) is 14.8. The van der Waals surface area contributed by atoms with Crippen LogP contribution < -0.4 is 4.74 Å². The van der Waals surface area contributed by atoms with Gasteiger partial charge in [0, 0.05) is 26.7 Å². The van der Waals surface area contributed by atoms with Gasteiger partial charge in [0.05, 0.1) is 22.7 Å². The zero-order chi connectivity index (χ0) is 25.5. The van der Waals surface area contributed by atoms with Crippen molar-refractivity contribution in [2.75, 3.05) is 6.61 Å². The Morgan fingerprint density at radius 2 is 1.63 bits per heavy atom. The van der Waals surface area contributed by atoms with Crippen LogP contribution in [0.2, 0.25) is 15.1 Å². The Morgan fingerprint density at radius 3 is 2.26 bits per heavy atom. The first-order chi connectivity index (χ1) is 16.4. The topological polar surface area (TPSA) is 48.4 Å². The number of pyridine rings is 1. The zero-order valence-electron chi connectivity index (χ0n) is 20.2. The predicted molar refractivity (Wildman–Crippen MR) is 143 cm³/mol. The number of hydrogen-bond donors (Lipinski definition) is 0. The number of fused-ring (bicyclic) bond motifs is 1. The second-order valence-corrected chi connectivity index (χ2v) is 10.8. The Kier molecular flexibility index (Phi) is 6.93. The van der Waals surface area contributed by atoms with Crippen molar-refractivity contribution >= 4 is 46.3 Å². The van der Waals surface area contributed by atoms with E-state index in [9.17, 15) is 4.79 Å². The predicted octanol–water partition coefficient (Wildman–Crippen LogP) is 8.52. The molecule has 0 saturated heterocycles. The van der Waals surface area contributed by atoms with Crippen molar-refractivity contribution in [1.82, 2.24) is 4.98 Å². The lowest BCUT2D eigenvalue weighted by Crippen LogP contribution is -2.36. The van der Waals surface area contributed by atoms with Crippen LogP contribution in [0, 0.1) is 5.41 Å². The smallest absolute Gasteiger partial charge is 0.315 e. The molecule has 0 spiro atoms. The summed E-state index contributed by atoms with van der Waals surface area (Å²) in [5.74, 6) is 0.108. The molecule has 4 nitrogen and oxygen atoms in total.